The highest BCUT2D eigenvalue weighted by Gasteiger charge is 2.31. The molecule has 98 valence electrons. The molecule has 2 aliphatic rings. The number of nitrogens with zero attached hydrogens (tertiary/aromatic N) is 1. The van der Waals surface area contributed by atoms with Gasteiger partial charge in [-0.2, -0.15) is 0 Å². The molecular formula is C13H23NO3. The molecule has 0 amide bonds. The van der Waals surface area contributed by atoms with Crippen LogP contribution in [0.4, 0.5) is 0 Å². The van der Waals surface area contributed by atoms with E-state index in [1.807, 2.05) is 6.92 Å². The second-order valence-electron chi connectivity index (χ2n) is 4.93. The average molecular weight is 241 g/mol. The van der Waals surface area contributed by atoms with Gasteiger partial charge in [-0.3, -0.25) is 9.69 Å². The van der Waals surface area contributed by atoms with Gasteiger partial charge in [0.15, 0.2) is 0 Å². The first kappa shape index (κ1) is 12.8. The standard InChI is InChI=1S/C13H23NO3/c1-2-17-13(15)11-4-3-7-14(10-11)12-5-8-16-9-6-12/h11-12H,2-10H2,1H3. The zero-order valence-electron chi connectivity index (χ0n) is 10.7. The van der Waals surface area contributed by atoms with Gasteiger partial charge in [-0.05, 0) is 39.2 Å². The number of hydrogen-bond acceptors (Lipinski definition) is 4. The lowest BCUT2D eigenvalue weighted by Crippen LogP contribution is -2.47. The Morgan fingerprint density at radius 2 is 2.12 bits per heavy atom. The number of carbonyl (C=O) groups is 1. The Hall–Kier alpha value is -0.610. The summed E-state index contributed by atoms with van der Waals surface area (Å²) in [5, 5.41) is 0. The summed E-state index contributed by atoms with van der Waals surface area (Å²) in [6.45, 7) is 6.10. The molecule has 0 aliphatic carbocycles. The molecule has 0 N–H and O–H groups in total. The van der Waals surface area contributed by atoms with Crippen molar-refractivity contribution in [1.82, 2.24) is 4.90 Å². The zero-order valence-corrected chi connectivity index (χ0v) is 10.7. The highest BCUT2D eigenvalue weighted by atomic mass is 16.5. The summed E-state index contributed by atoms with van der Waals surface area (Å²) in [5.41, 5.74) is 0. The summed E-state index contributed by atoms with van der Waals surface area (Å²) in [4.78, 5) is 14.2. The van der Waals surface area contributed by atoms with Crippen molar-refractivity contribution in [3.63, 3.8) is 0 Å². The molecule has 4 heteroatoms. The molecule has 0 aromatic heterocycles. The first-order chi connectivity index (χ1) is 8.31. The molecule has 0 bridgehead atoms. The first-order valence-electron chi connectivity index (χ1n) is 6.79. The van der Waals surface area contributed by atoms with Gasteiger partial charge in [-0.25, -0.2) is 0 Å². The average Bonchev–Trinajstić information content (AvgIpc) is 2.40. The van der Waals surface area contributed by atoms with Crippen molar-refractivity contribution < 1.29 is 14.3 Å². The van der Waals surface area contributed by atoms with Crippen LogP contribution in [0.2, 0.25) is 0 Å². The summed E-state index contributed by atoms with van der Waals surface area (Å²) < 4.78 is 10.5. The highest BCUT2D eigenvalue weighted by Crippen LogP contribution is 2.23. The molecule has 0 radical (unpaired) electrons. The fourth-order valence-electron chi connectivity index (χ4n) is 2.84. The molecule has 4 nitrogen and oxygen atoms in total. The molecule has 2 aliphatic heterocycles. The van der Waals surface area contributed by atoms with Gasteiger partial charge in [0.1, 0.15) is 0 Å². The number of carbonyl (C=O) groups excluding carboxylic acids is 1. The van der Waals surface area contributed by atoms with Crippen LogP contribution < -0.4 is 0 Å². The van der Waals surface area contributed by atoms with Crippen molar-refractivity contribution >= 4 is 5.97 Å². The van der Waals surface area contributed by atoms with Crippen LogP contribution in [-0.4, -0.2) is 49.8 Å². The summed E-state index contributed by atoms with van der Waals surface area (Å²) in [7, 11) is 0. The Balaban J connectivity index is 1.85. The van der Waals surface area contributed by atoms with Crippen molar-refractivity contribution in [2.75, 3.05) is 32.9 Å². The molecular weight excluding hydrogens is 218 g/mol. The van der Waals surface area contributed by atoms with Crippen LogP contribution in [-0.2, 0) is 14.3 Å². The molecule has 2 fully saturated rings. The second-order valence-corrected chi connectivity index (χ2v) is 4.93. The first-order valence-corrected chi connectivity index (χ1v) is 6.79. The van der Waals surface area contributed by atoms with E-state index >= 15 is 0 Å². The quantitative estimate of drug-likeness (QED) is 0.701. The van der Waals surface area contributed by atoms with Crippen molar-refractivity contribution in [1.29, 1.82) is 0 Å². The minimum absolute atomic E-state index is 0.00994. The van der Waals surface area contributed by atoms with Crippen LogP contribution in [0.5, 0.6) is 0 Å². The third-order valence-corrected chi connectivity index (χ3v) is 3.78. The van der Waals surface area contributed by atoms with E-state index in [2.05, 4.69) is 4.90 Å². The molecule has 0 aromatic carbocycles. The second kappa shape index (κ2) is 6.36. The lowest BCUT2D eigenvalue weighted by Gasteiger charge is -2.39. The van der Waals surface area contributed by atoms with Crippen LogP contribution in [0.3, 0.4) is 0 Å². The SMILES string of the molecule is CCOC(=O)C1CCCN(C2CCOCC2)C1. The van der Waals surface area contributed by atoms with Gasteiger partial charge < -0.3 is 9.47 Å². The number of likely N-dealkylation sites (tertiary alicyclic amines) is 1. The highest BCUT2D eigenvalue weighted by molar-refractivity contribution is 5.72. The molecule has 0 spiro atoms. The number of hydrogen-bond donors (Lipinski definition) is 0. The van der Waals surface area contributed by atoms with Crippen LogP contribution in [0, 0.1) is 5.92 Å². The van der Waals surface area contributed by atoms with Crippen LogP contribution >= 0.6 is 0 Å². The van der Waals surface area contributed by atoms with Gasteiger partial charge in [-0.15, -0.1) is 0 Å². The van der Waals surface area contributed by atoms with E-state index in [0.29, 0.717) is 12.6 Å². The smallest absolute Gasteiger partial charge is 0.310 e. The lowest BCUT2D eigenvalue weighted by molar-refractivity contribution is -0.150. The molecule has 0 aromatic rings. The van der Waals surface area contributed by atoms with Gasteiger partial charge in [0.2, 0.25) is 0 Å². The minimum atomic E-state index is -0.00994. The van der Waals surface area contributed by atoms with Crippen LogP contribution in [0.1, 0.15) is 32.6 Å². The van der Waals surface area contributed by atoms with Gasteiger partial charge in [0.05, 0.1) is 12.5 Å². The fraction of sp³-hybridized carbons (Fsp3) is 0.923. The number of piperidine rings is 1. The molecule has 2 heterocycles. The van der Waals surface area contributed by atoms with Gasteiger partial charge in [0.25, 0.3) is 0 Å². The van der Waals surface area contributed by atoms with E-state index in [0.717, 1.165) is 52.0 Å². The molecule has 0 saturated carbocycles. The van der Waals surface area contributed by atoms with Crippen molar-refractivity contribution in [2.45, 2.75) is 38.6 Å². The maximum atomic E-state index is 11.8. The topological polar surface area (TPSA) is 38.8 Å². The molecule has 1 atom stereocenters. The summed E-state index contributed by atoms with van der Waals surface area (Å²) in [5.74, 6) is 0.0794. The molecule has 1 unspecified atom stereocenters. The largest absolute Gasteiger partial charge is 0.466 e. The Morgan fingerprint density at radius 1 is 1.35 bits per heavy atom. The Labute approximate surface area is 103 Å². The zero-order chi connectivity index (χ0) is 12.1. The van der Waals surface area contributed by atoms with Gasteiger partial charge in [-0.1, -0.05) is 0 Å². The van der Waals surface area contributed by atoms with Gasteiger partial charge in [0, 0.05) is 25.8 Å². The minimum Gasteiger partial charge on any atom is -0.466 e. The number of ether oxygens (including phenoxy) is 2. The molecule has 17 heavy (non-hydrogen) atoms. The normalized spacial score (nSPS) is 27.9. The summed E-state index contributed by atoms with van der Waals surface area (Å²) in [6, 6.07) is 0.612. The Kier molecular flexibility index (Phi) is 4.80. The molecule has 2 saturated heterocycles. The van der Waals surface area contributed by atoms with E-state index in [9.17, 15) is 4.79 Å². The van der Waals surface area contributed by atoms with E-state index in [-0.39, 0.29) is 11.9 Å². The van der Waals surface area contributed by atoms with Crippen molar-refractivity contribution in [3.8, 4) is 0 Å². The lowest BCUT2D eigenvalue weighted by atomic mass is 9.95. The van der Waals surface area contributed by atoms with Crippen molar-refractivity contribution in [3.05, 3.63) is 0 Å². The number of esters is 1. The summed E-state index contributed by atoms with van der Waals surface area (Å²) >= 11 is 0. The monoisotopic (exact) mass is 241 g/mol. The van der Waals surface area contributed by atoms with E-state index < -0.39 is 0 Å². The van der Waals surface area contributed by atoms with Crippen LogP contribution in [0.15, 0.2) is 0 Å². The van der Waals surface area contributed by atoms with Crippen molar-refractivity contribution in [2.24, 2.45) is 5.92 Å². The molecule has 2 rings (SSSR count). The Bertz CT molecular complexity index is 251. The summed E-state index contributed by atoms with van der Waals surface area (Å²) in [6.07, 6.45) is 4.31. The Morgan fingerprint density at radius 3 is 2.82 bits per heavy atom. The maximum absolute atomic E-state index is 11.8. The number of rotatable bonds is 3. The predicted molar refractivity (Wildman–Crippen MR) is 64.8 cm³/mol. The van der Waals surface area contributed by atoms with Crippen LogP contribution in [0.25, 0.3) is 0 Å². The van der Waals surface area contributed by atoms with Gasteiger partial charge >= 0.3 is 5.97 Å². The third-order valence-electron chi connectivity index (χ3n) is 3.78. The van der Waals surface area contributed by atoms with E-state index in [4.69, 9.17) is 9.47 Å². The fourth-order valence-corrected chi connectivity index (χ4v) is 2.84. The maximum Gasteiger partial charge on any atom is 0.310 e. The van der Waals surface area contributed by atoms with E-state index in [1.165, 1.54) is 0 Å². The van der Waals surface area contributed by atoms with E-state index in [1.54, 1.807) is 0 Å². The predicted octanol–water partition coefficient (Wildman–Crippen LogP) is 1.44. The third kappa shape index (κ3) is 3.42.